The van der Waals surface area contributed by atoms with Gasteiger partial charge >= 0.3 is 12.1 Å². The summed E-state index contributed by atoms with van der Waals surface area (Å²) in [4.78, 5) is 10.8. The van der Waals surface area contributed by atoms with Crippen LogP contribution in [-0.2, 0) is 9.53 Å². The zero-order valence-corrected chi connectivity index (χ0v) is 9.18. The van der Waals surface area contributed by atoms with E-state index >= 15 is 0 Å². The summed E-state index contributed by atoms with van der Waals surface area (Å²) in [5.74, 6) is -0.643. The summed E-state index contributed by atoms with van der Waals surface area (Å²) in [6.45, 7) is 0.125. The molecule has 1 fully saturated rings. The average molecular weight is 238 g/mol. The van der Waals surface area contributed by atoms with Crippen LogP contribution in [0.4, 0.5) is 13.2 Å². The van der Waals surface area contributed by atoms with Crippen molar-refractivity contribution in [3.63, 3.8) is 0 Å². The highest BCUT2D eigenvalue weighted by Gasteiger charge is 2.32. The Hall–Kier alpha value is -0.740. The Labute approximate surface area is 93.2 Å². The fourth-order valence-electron chi connectivity index (χ4n) is 2.03. The van der Waals surface area contributed by atoms with Crippen LogP contribution in [0, 0.1) is 5.92 Å². The van der Waals surface area contributed by atoms with Crippen molar-refractivity contribution in [2.75, 3.05) is 6.61 Å². The Morgan fingerprint density at radius 1 is 1.19 bits per heavy atom. The number of rotatable bonds is 4. The minimum Gasteiger partial charge on any atom is -0.465 e. The first-order valence-corrected chi connectivity index (χ1v) is 5.70. The normalized spacial score (nSPS) is 18.4. The molecule has 0 unspecified atom stereocenters. The molecule has 0 bridgehead atoms. The van der Waals surface area contributed by atoms with E-state index < -0.39 is 18.6 Å². The summed E-state index contributed by atoms with van der Waals surface area (Å²) in [6.07, 6.45) is 0.587. The van der Waals surface area contributed by atoms with Gasteiger partial charge in [0.05, 0.1) is 6.61 Å². The molecule has 1 aliphatic rings. The van der Waals surface area contributed by atoms with E-state index in [9.17, 15) is 18.0 Å². The fourth-order valence-corrected chi connectivity index (χ4v) is 2.03. The Morgan fingerprint density at radius 2 is 1.81 bits per heavy atom. The lowest BCUT2D eigenvalue weighted by atomic mass is 9.87. The minimum absolute atomic E-state index is 0.125. The number of carbonyl (C=O) groups is 1. The molecule has 5 heteroatoms. The van der Waals surface area contributed by atoms with E-state index in [-0.39, 0.29) is 6.61 Å². The lowest BCUT2D eigenvalue weighted by molar-refractivity contribution is -0.171. The van der Waals surface area contributed by atoms with Crippen molar-refractivity contribution in [1.82, 2.24) is 0 Å². The third-order valence-corrected chi connectivity index (χ3v) is 2.86. The van der Waals surface area contributed by atoms with E-state index in [0.29, 0.717) is 12.3 Å². The van der Waals surface area contributed by atoms with E-state index in [1.165, 1.54) is 19.3 Å². The van der Waals surface area contributed by atoms with Gasteiger partial charge in [0.2, 0.25) is 0 Å². The smallest absolute Gasteiger partial charge is 0.399 e. The van der Waals surface area contributed by atoms with Crippen molar-refractivity contribution in [2.45, 2.75) is 51.1 Å². The van der Waals surface area contributed by atoms with Crippen LogP contribution in [0.1, 0.15) is 44.9 Å². The van der Waals surface area contributed by atoms with Crippen LogP contribution in [0.25, 0.3) is 0 Å². The second-order valence-electron chi connectivity index (χ2n) is 4.31. The highest BCUT2D eigenvalue weighted by Crippen LogP contribution is 2.26. The zero-order chi connectivity index (χ0) is 12.0. The molecule has 2 nitrogen and oxygen atoms in total. The van der Waals surface area contributed by atoms with Crippen LogP contribution < -0.4 is 0 Å². The summed E-state index contributed by atoms with van der Waals surface area (Å²) < 4.78 is 39.9. The Morgan fingerprint density at radius 3 is 2.38 bits per heavy atom. The van der Waals surface area contributed by atoms with Gasteiger partial charge < -0.3 is 4.74 Å². The maximum absolute atomic E-state index is 11.8. The van der Waals surface area contributed by atoms with Crippen molar-refractivity contribution in [1.29, 1.82) is 0 Å². The maximum Gasteiger partial charge on any atom is 0.399 e. The van der Waals surface area contributed by atoms with Gasteiger partial charge in [-0.1, -0.05) is 32.1 Å². The van der Waals surface area contributed by atoms with Crippen molar-refractivity contribution in [3.8, 4) is 0 Å². The first-order valence-electron chi connectivity index (χ1n) is 5.70. The van der Waals surface area contributed by atoms with E-state index in [2.05, 4.69) is 4.74 Å². The molecule has 1 rings (SSSR count). The van der Waals surface area contributed by atoms with E-state index in [1.54, 1.807) is 0 Å². The molecule has 94 valence electrons. The fraction of sp³-hybridized carbons (Fsp3) is 0.909. The lowest BCUT2D eigenvalue weighted by Crippen LogP contribution is -2.18. The summed E-state index contributed by atoms with van der Waals surface area (Å²) >= 11 is 0. The topological polar surface area (TPSA) is 26.3 Å². The van der Waals surface area contributed by atoms with Gasteiger partial charge in [-0.05, 0) is 12.3 Å². The standard InChI is InChI=1S/C11H17F3O2/c12-11(13,14)8-10(15)16-7-6-9-4-2-1-3-5-9/h9H,1-8H2. The number of halogens is 3. The summed E-state index contributed by atoms with van der Waals surface area (Å²) in [6, 6.07) is 0. The highest BCUT2D eigenvalue weighted by molar-refractivity contribution is 5.70. The van der Waals surface area contributed by atoms with Gasteiger partial charge in [0.15, 0.2) is 0 Å². The molecule has 0 N–H and O–H groups in total. The molecule has 0 radical (unpaired) electrons. The summed E-state index contributed by atoms with van der Waals surface area (Å²) in [7, 11) is 0. The molecule has 0 atom stereocenters. The molecule has 0 aromatic heterocycles. The average Bonchev–Trinajstić information content (AvgIpc) is 2.16. The SMILES string of the molecule is O=C(CC(F)(F)F)OCCC1CCCCC1. The molecule has 1 aliphatic carbocycles. The van der Waals surface area contributed by atoms with Crippen molar-refractivity contribution < 1.29 is 22.7 Å². The largest absolute Gasteiger partial charge is 0.465 e. The van der Waals surface area contributed by atoms with Gasteiger partial charge in [0.25, 0.3) is 0 Å². The third kappa shape index (κ3) is 5.98. The lowest BCUT2D eigenvalue weighted by Gasteiger charge is -2.21. The van der Waals surface area contributed by atoms with Crippen LogP contribution in [0.2, 0.25) is 0 Å². The van der Waals surface area contributed by atoms with E-state index in [1.807, 2.05) is 0 Å². The Bertz CT molecular complexity index is 220. The number of hydrogen-bond donors (Lipinski definition) is 0. The predicted molar refractivity (Wildman–Crippen MR) is 52.8 cm³/mol. The first-order chi connectivity index (χ1) is 7.47. The number of alkyl halides is 3. The molecule has 0 spiro atoms. The van der Waals surface area contributed by atoms with Gasteiger partial charge in [0.1, 0.15) is 6.42 Å². The van der Waals surface area contributed by atoms with E-state index in [0.717, 1.165) is 12.8 Å². The second-order valence-corrected chi connectivity index (χ2v) is 4.31. The Balaban J connectivity index is 2.08. The van der Waals surface area contributed by atoms with Gasteiger partial charge in [-0.15, -0.1) is 0 Å². The van der Waals surface area contributed by atoms with E-state index in [4.69, 9.17) is 0 Å². The molecule has 0 aromatic carbocycles. The molecular weight excluding hydrogens is 221 g/mol. The van der Waals surface area contributed by atoms with Crippen LogP contribution >= 0.6 is 0 Å². The van der Waals surface area contributed by atoms with Crippen LogP contribution in [-0.4, -0.2) is 18.8 Å². The number of hydrogen-bond acceptors (Lipinski definition) is 2. The van der Waals surface area contributed by atoms with Gasteiger partial charge in [-0.3, -0.25) is 4.79 Å². The quantitative estimate of drug-likeness (QED) is 0.701. The van der Waals surface area contributed by atoms with Crippen molar-refractivity contribution in [3.05, 3.63) is 0 Å². The number of esters is 1. The molecule has 1 saturated carbocycles. The predicted octanol–water partition coefficient (Wildman–Crippen LogP) is 3.45. The van der Waals surface area contributed by atoms with Gasteiger partial charge in [0, 0.05) is 0 Å². The maximum atomic E-state index is 11.8. The summed E-state index contributed by atoms with van der Waals surface area (Å²) in [5.41, 5.74) is 0. The highest BCUT2D eigenvalue weighted by atomic mass is 19.4. The van der Waals surface area contributed by atoms with Crippen LogP contribution in [0.15, 0.2) is 0 Å². The number of ether oxygens (including phenoxy) is 1. The second kappa shape index (κ2) is 6.11. The molecule has 0 aromatic rings. The monoisotopic (exact) mass is 238 g/mol. The zero-order valence-electron chi connectivity index (χ0n) is 9.18. The molecular formula is C11H17F3O2. The molecule has 0 aliphatic heterocycles. The van der Waals surface area contributed by atoms with Crippen LogP contribution in [0.3, 0.4) is 0 Å². The van der Waals surface area contributed by atoms with Crippen molar-refractivity contribution in [2.24, 2.45) is 5.92 Å². The molecule has 0 saturated heterocycles. The summed E-state index contributed by atoms with van der Waals surface area (Å²) in [5, 5.41) is 0. The first kappa shape index (κ1) is 13.3. The Kier molecular flexibility index (Phi) is 5.09. The van der Waals surface area contributed by atoms with Gasteiger partial charge in [-0.25, -0.2) is 0 Å². The van der Waals surface area contributed by atoms with Gasteiger partial charge in [-0.2, -0.15) is 13.2 Å². The molecule has 0 amide bonds. The third-order valence-electron chi connectivity index (χ3n) is 2.86. The van der Waals surface area contributed by atoms with Crippen molar-refractivity contribution >= 4 is 5.97 Å². The minimum atomic E-state index is -4.46. The van der Waals surface area contributed by atoms with Crippen LogP contribution in [0.5, 0.6) is 0 Å². The molecule has 0 heterocycles. The number of carbonyl (C=O) groups excluding carboxylic acids is 1. The molecule has 16 heavy (non-hydrogen) atoms.